The van der Waals surface area contributed by atoms with E-state index >= 15 is 0 Å². The highest BCUT2D eigenvalue weighted by molar-refractivity contribution is 5.80. The molecule has 0 aliphatic carbocycles. The summed E-state index contributed by atoms with van der Waals surface area (Å²) in [7, 11) is 0. The maximum absolute atomic E-state index is 11.6. The predicted octanol–water partition coefficient (Wildman–Crippen LogP) is 1.31. The molecule has 0 bridgehead atoms. The fourth-order valence-electron chi connectivity index (χ4n) is 2.27. The molecule has 1 aliphatic rings. The Morgan fingerprint density at radius 3 is 2.67 bits per heavy atom. The molecule has 0 radical (unpaired) electrons. The van der Waals surface area contributed by atoms with E-state index in [-0.39, 0.29) is 18.0 Å². The van der Waals surface area contributed by atoms with Crippen molar-refractivity contribution < 1.29 is 4.79 Å². The third-order valence-corrected chi connectivity index (χ3v) is 2.95. The second-order valence-corrected chi connectivity index (χ2v) is 3.90. The van der Waals surface area contributed by atoms with Crippen LogP contribution in [0.15, 0.2) is 30.3 Å². The Labute approximate surface area is 89.9 Å². The minimum Gasteiger partial charge on any atom is -0.334 e. The van der Waals surface area contributed by atoms with E-state index in [4.69, 9.17) is 5.73 Å². The summed E-state index contributed by atoms with van der Waals surface area (Å²) in [6.07, 6.45) is 0.466. The fourth-order valence-corrected chi connectivity index (χ4v) is 2.27. The van der Waals surface area contributed by atoms with E-state index < -0.39 is 0 Å². The molecule has 15 heavy (non-hydrogen) atoms. The summed E-state index contributed by atoms with van der Waals surface area (Å²) in [5.74, 6) is 0.166. The van der Waals surface area contributed by atoms with Gasteiger partial charge in [-0.2, -0.15) is 0 Å². The van der Waals surface area contributed by atoms with Crippen molar-refractivity contribution in [3.05, 3.63) is 35.9 Å². The van der Waals surface area contributed by atoms with Gasteiger partial charge in [0.1, 0.15) is 0 Å². The van der Waals surface area contributed by atoms with Crippen molar-refractivity contribution in [1.82, 2.24) is 4.90 Å². The van der Waals surface area contributed by atoms with Crippen LogP contribution in [0.1, 0.15) is 24.9 Å². The first-order chi connectivity index (χ1) is 7.24. The molecule has 2 rings (SSSR count). The summed E-state index contributed by atoms with van der Waals surface area (Å²) in [6.45, 7) is 2.72. The van der Waals surface area contributed by atoms with Gasteiger partial charge in [0.2, 0.25) is 5.91 Å². The van der Waals surface area contributed by atoms with Crippen molar-refractivity contribution in [2.24, 2.45) is 5.73 Å². The first-order valence-electron chi connectivity index (χ1n) is 5.34. The molecule has 2 atom stereocenters. The van der Waals surface area contributed by atoms with Gasteiger partial charge in [-0.05, 0) is 12.5 Å². The lowest BCUT2D eigenvalue weighted by molar-refractivity contribution is -0.128. The quantitative estimate of drug-likeness (QED) is 0.789. The molecule has 0 spiro atoms. The van der Waals surface area contributed by atoms with Crippen molar-refractivity contribution >= 4 is 5.91 Å². The van der Waals surface area contributed by atoms with Crippen LogP contribution >= 0.6 is 0 Å². The normalized spacial score (nSPS) is 26.0. The van der Waals surface area contributed by atoms with Crippen LogP contribution in [-0.2, 0) is 4.79 Å². The number of likely N-dealkylation sites (N-methyl/N-ethyl adjacent to an activating group) is 1. The molecule has 1 aromatic rings. The van der Waals surface area contributed by atoms with Crippen molar-refractivity contribution in [3.63, 3.8) is 0 Å². The topological polar surface area (TPSA) is 46.3 Å². The number of rotatable bonds is 2. The van der Waals surface area contributed by atoms with Crippen LogP contribution in [0, 0.1) is 0 Å². The van der Waals surface area contributed by atoms with Gasteiger partial charge in [-0.3, -0.25) is 4.79 Å². The Balaban J connectivity index is 2.31. The maximum Gasteiger partial charge on any atom is 0.224 e. The summed E-state index contributed by atoms with van der Waals surface area (Å²) in [6, 6.07) is 10.0. The second-order valence-electron chi connectivity index (χ2n) is 3.90. The molecule has 0 saturated carbocycles. The summed E-state index contributed by atoms with van der Waals surface area (Å²) in [5, 5.41) is 0. The molecule has 2 N–H and O–H groups in total. The summed E-state index contributed by atoms with van der Waals surface area (Å²) in [4.78, 5) is 13.5. The Morgan fingerprint density at radius 2 is 2.07 bits per heavy atom. The van der Waals surface area contributed by atoms with E-state index in [1.807, 2.05) is 42.2 Å². The average Bonchev–Trinajstić information content (AvgIpc) is 2.54. The number of carbonyl (C=O) groups is 1. The van der Waals surface area contributed by atoms with Crippen molar-refractivity contribution in [2.45, 2.75) is 25.4 Å². The number of carbonyl (C=O) groups excluding carboxylic acids is 1. The van der Waals surface area contributed by atoms with E-state index in [0.717, 1.165) is 12.1 Å². The van der Waals surface area contributed by atoms with Crippen LogP contribution < -0.4 is 5.73 Å². The summed E-state index contributed by atoms with van der Waals surface area (Å²) < 4.78 is 0. The molecule has 1 saturated heterocycles. The number of likely N-dealkylation sites (tertiary alicyclic amines) is 1. The number of hydrogen-bond acceptors (Lipinski definition) is 2. The Bertz CT molecular complexity index is 350. The molecule has 1 fully saturated rings. The molecule has 1 heterocycles. The lowest BCUT2D eigenvalue weighted by Crippen LogP contribution is -2.32. The fraction of sp³-hybridized carbons (Fsp3) is 0.417. The number of amides is 1. The van der Waals surface area contributed by atoms with Crippen LogP contribution in [-0.4, -0.2) is 23.4 Å². The van der Waals surface area contributed by atoms with Crippen LogP contribution in [0.4, 0.5) is 0 Å². The smallest absolute Gasteiger partial charge is 0.224 e. The lowest BCUT2D eigenvalue weighted by atomic mass is 10.0. The van der Waals surface area contributed by atoms with E-state index in [9.17, 15) is 4.79 Å². The predicted molar refractivity (Wildman–Crippen MR) is 59.2 cm³/mol. The number of nitrogens with two attached hydrogens (primary N) is 1. The van der Waals surface area contributed by atoms with Crippen LogP contribution in [0.2, 0.25) is 0 Å². The van der Waals surface area contributed by atoms with E-state index in [1.165, 1.54) is 0 Å². The number of benzene rings is 1. The zero-order chi connectivity index (χ0) is 10.8. The van der Waals surface area contributed by atoms with Crippen molar-refractivity contribution in [3.8, 4) is 0 Å². The zero-order valence-electron chi connectivity index (χ0n) is 8.89. The average molecular weight is 204 g/mol. The van der Waals surface area contributed by atoms with Crippen LogP contribution in [0.3, 0.4) is 0 Å². The van der Waals surface area contributed by atoms with Gasteiger partial charge in [-0.15, -0.1) is 0 Å². The number of nitrogens with zero attached hydrogens (tertiary/aromatic N) is 1. The molecule has 1 amide bonds. The largest absolute Gasteiger partial charge is 0.334 e. The highest BCUT2D eigenvalue weighted by Gasteiger charge is 2.37. The second kappa shape index (κ2) is 4.03. The molecule has 80 valence electrons. The van der Waals surface area contributed by atoms with Crippen LogP contribution in [0.25, 0.3) is 0 Å². The Morgan fingerprint density at radius 1 is 1.40 bits per heavy atom. The first-order valence-corrected chi connectivity index (χ1v) is 5.34. The molecule has 0 unspecified atom stereocenters. The Hall–Kier alpha value is -1.35. The van der Waals surface area contributed by atoms with Gasteiger partial charge >= 0.3 is 0 Å². The molecule has 1 aliphatic heterocycles. The highest BCUT2D eigenvalue weighted by Crippen LogP contribution is 2.31. The highest BCUT2D eigenvalue weighted by atomic mass is 16.2. The third kappa shape index (κ3) is 1.75. The molecular formula is C12H16N2O. The maximum atomic E-state index is 11.6. The monoisotopic (exact) mass is 204 g/mol. The van der Waals surface area contributed by atoms with Gasteiger partial charge in [-0.1, -0.05) is 30.3 Å². The summed E-state index contributed by atoms with van der Waals surface area (Å²) in [5.41, 5.74) is 7.14. The standard InChI is InChI=1S/C12H16N2O/c1-2-14-11(15)8-10(13)12(14)9-6-4-3-5-7-9/h3-7,10,12H,2,8,13H2,1H3/t10-,12+/m0/s1. The van der Waals surface area contributed by atoms with Gasteiger partial charge in [0, 0.05) is 19.0 Å². The minimum atomic E-state index is -0.0696. The minimum absolute atomic E-state index is 0.0590. The zero-order valence-corrected chi connectivity index (χ0v) is 8.89. The molecule has 0 aromatic heterocycles. The van der Waals surface area contributed by atoms with Crippen LogP contribution in [0.5, 0.6) is 0 Å². The number of hydrogen-bond donors (Lipinski definition) is 1. The van der Waals surface area contributed by atoms with Gasteiger partial charge in [0.15, 0.2) is 0 Å². The first kappa shape index (κ1) is 10.2. The lowest BCUT2D eigenvalue weighted by Gasteiger charge is -2.25. The van der Waals surface area contributed by atoms with E-state index in [0.29, 0.717) is 6.42 Å². The summed E-state index contributed by atoms with van der Waals surface area (Å²) >= 11 is 0. The molecular weight excluding hydrogens is 188 g/mol. The Kier molecular flexibility index (Phi) is 2.73. The van der Waals surface area contributed by atoms with E-state index in [1.54, 1.807) is 0 Å². The third-order valence-electron chi connectivity index (χ3n) is 2.95. The van der Waals surface area contributed by atoms with Gasteiger partial charge in [0.25, 0.3) is 0 Å². The van der Waals surface area contributed by atoms with Crippen molar-refractivity contribution in [2.75, 3.05) is 6.54 Å². The van der Waals surface area contributed by atoms with E-state index in [2.05, 4.69) is 0 Å². The molecule has 3 heteroatoms. The van der Waals surface area contributed by atoms with Gasteiger partial charge in [-0.25, -0.2) is 0 Å². The van der Waals surface area contributed by atoms with Gasteiger partial charge in [0.05, 0.1) is 6.04 Å². The van der Waals surface area contributed by atoms with Crippen molar-refractivity contribution in [1.29, 1.82) is 0 Å². The molecule has 1 aromatic carbocycles. The van der Waals surface area contributed by atoms with Gasteiger partial charge < -0.3 is 10.6 Å². The molecule has 3 nitrogen and oxygen atoms in total. The SMILES string of the molecule is CCN1C(=O)C[C@H](N)[C@H]1c1ccccc1.